The summed E-state index contributed by atoms with van der Waals surface area (Å²) in [4.78, 5) is 29.6. The Kier molecular flexibility index (Phi) is 4.80. The fourth-order valence-electron chi connectivity index (χ4n) is 4.82. The van der Waals surface area contributed by atoms with E-state index in [0.29, 0.717) is 45.4 Å². The summed E-state index contributed by atoms with van der Waals surface area (Å²) in [7, 11) is 0. The summed E-state index contributed by atoms with van der Waals surface area (Å²) < 4.78 is 17.2. The molecule has 2 bridgehead atoms. The van der Waals surface area contributed by atoms with Crippen molar-refractivity contribution in [3.63, 3.8) is 0 Å². The van der Waals surface area contributed by atoms with Crippen LogP contribution in [0.1, 0.15) is 53.4 Å². The van der Waals surface area contributed by atoms with Crippen molar-refractivity contribution >= 4 is 12.1 Å². The number of azide groups is 1. The zero-order chi connectivity index (χ0) is 19.9. The van der Waals surface area contributed by atoms with Gasteiger partial charge in [-0.3, -0.25) is 4.79 Å². The predicted molar refractivity (Wildman–Crippen MR) is 95.9 cm³/mol. The highest BCUT2D eigenvalue weighted by molar-refractivity contribution is 5.82. The number of carbonyl (C=O) groups is 2. The fourth-order valence-corrected chi connectivity index (χ4v) is 4.82. The number of hydrogen-bond acceptors (Lipinski definition) is 6. The average Bonchev–Trinajstić information content (AvgIpc) is 2.97. The monoisotopic (exact) mass is 380 g/mol. The number of hydrogen-bond donors (Lipinski definition) is 0. The number of carbonyl (C=O) groups excluding carboxylic acids is 2. The highest BCUT2D eigenvalue weighted by Gasteiger charge is 2.78. The highest BCUT2D eigenvalue weighted by Crippen LogP contribution is 2.69. The Morgan fingerprint density at radius 3 is 2.41 bits per heavy atom. The average molecular weight is 380 g/mol. The third-order valence-electron chi connectivity index (χ3n) is 5.84. The van der Waals surface area contributed by atoms with Gasteiger partial charge in [-0.25, -0.2) is 4.79 Å². The van der Waals surface area contributed by atoms with Gasteiger partial charge in [0.2, 0.25) is 0 Å². The van der Waals surface area contributed by atoms with E-state index < -0.39 is 22.2 Å². The zero-order valence-corrected chi connectivity index (χ0v) is 16.5. The van der Waals surface area contributed by atoms with Gasteiger partial charge in [0, 0.05) is 18.0 Å². The SMILES string of the molecule is CCOC(=O)C12CC(CN=[N+]=[N-])(C1)OC21CCN(C(=O)OC(C)(C)C)CC1. The molecule has 0 aromatic carbocycles. The van der Waals surface area contributed by atoms with Crippen LogP contribution >= 0.6 is 0 Å². The topological polar surface area (TPSA) is 114 Å². The summed E-state index contributed by atoms with van der Waals surface area (Å²) in [6.45, 7) is 8.71. The molecule has 0 aromatic heterocycles. The van der Waals surface area contributed by atoms with E-state index in [0.717, 1.165) is 0 Å². The van der Waals surface area contributed by atoms with Crippen molar-refractivity contribution in [2.45, 2.75) is 70.2 Å². The lowest BCUT2D eigenvalue weighted by Gasteiger charge is -2.48. The van der Waals surface area contributed by atoms with E-state index in [1.807, 2.05) is 20.8 Å². The highest BCUT2D eigenvalue weighted by atomic mass is 16.6. The molecule has 1 spiro atoms. The van der Waals surface area contributed by atoms with Gasteiger partial charge in [-0.15, -0.1) is 0 Å². The van der Waals surface area contributed by atoms with Crippen molar-refractivity contribution < 1.29 is 23.8 Å². The second kappa shape index (κ2) is 6.56. The summed E-state index contributed by atoms with van der Waals surface area (Å²) >= 11 is 0. The summed E-state index contributed by atoms with van der Waals surface area (Å²) in [5.74, 6) is -0.246. The van der Waals surface area contributed by atoms with Crippen molar-refractivity contribution in [2.75, 3.05) is 26.2 Å². The molecule has 1 saturated carbocycles. The summed E-state index contributed by atoms with van der Waals surface area (Å²) in [5.41, 5.74) is 6.12. The van der Waals surface area contributed by atoms with Gasteiger partial charge in [0.1, 0.15) is 11.0 Å². The Bertz CT molecular complexity index is 666. The van der Waals surface area contributed by atoms with Crippen LogP contribution in [-0.4, -0.2) is 60.0 Å². The number of piperidine rings is 1. The molecule has 4 rings (SSSR count). The van der Waals surface area contributed by atoms with Crippen LogP contribution in [0, 0.1) is 5.41 Å². The molecule has 3 heterocycles. The van der Waals surface area contributed by atoms with Gasteiger partial charge in [0.15, 0.2) is 0 Å². The molecule has 9 nitrogen and oxygen atoms in total. The van der Waals surface area contributed by atoms with E-state index in [-0.39, 0.29) is 18.6 Å². The maximum Gasteiger partial charge on any atom is 0.410 e. The van der Waals surface area contributed by atoms with E-state index in [9.17, 15) is 9.59 Å². The number of esters is 1. The molecule has 1 aliphatic carbocycles. The van der Waals surface area contributed by atoms with Gasteiger partial charge >= 0.3 is 12.1 Å². The Morgan fingerprint density at radius 1 is 1.26 bits per heavy atom. The first-order chi connectivity index (χ1) is 12.6. The number of nitrogens with zero attached hydrogens (tertiary/aromatic N) is 4. The van der Waals surface area contributed by atoms with E-state index in [1.165, 1.54) is 0 Å². The molecule has 27 heavy (non-hydrogen) atoms. The van der Waals surface area contributed by atoms with Crippen LogP contribution in [0.5, 0.6) is 0 Å². The molecule has 0 N–H and O–H groups in total. The molecule has 1 amide bonds. The molecule has 0 atom stereocenters. The van der Waals surface area contributed by atoms with Gasteiger partial charge in [0.05, 0.1) is 24.4 Å². The third kappa shape index (κ3) is 3.23. The third-order valence-corrected chi connectivity index (χ3v) is 5.84. The molecule has 150 valence electrons. The molecule has 0 unspecified atom stereocenters. The molecule has 3 aliphatic heterocycles. The van der Waals surface area contributed by atoms with E-state index in [2.05, 4.69) is 10.0 Å². The molecule has 0 aromatic rings. The van der Waals surface area contributed by atoms with Crippen molar-refractivity contribution in [1.29, 1.82) is 0 Å². The zero-order valence-electron chi connectivity index (χ0n) is 16.5. The minimum atomic E-state index is -0.714. The largest absolute Gasteiger partial charge is 0.465 e. The predicted octanol–water partition coefficient (Wildman–Crippen LogP) is 3.18. The number of ether oxygens (including phenoxy) is 3. The quantitative estimate of drug-likeness (QED) is 0.322. The lowest BCUT2D eigenvalue weighted by atomic mass is 9.54. The first kappa shape index (κ1) is 19.8. The second-order valence-corrected chi connectivity index (χ2v) is 8.79. The maximum absolute atomic E-state index is 12.8. The standard InChI is InChI=1S/C18H28N4O5/c1-5-25-13(23)17-10-16(11-17,12-20-21-19)27-18(17)6-8-22(9-7-18)14(24)26-15(2,3)4/h5-12H2,1-4H3. The van der Waals surface area contributed by atoms with Crippen LogP contribution in [0.2, 0.25) is 0 Å². The first-order valence-electron chi connectivity index (χ1n) is 9.47. The first-order valence-corrected chi connectivity index (χ1v) is 9.47. The van der Waals surface area contributed by atoms with Crippen molar-refractivity contribution in [2.24, 2.45) is 10.5 Å². The van der Waals surface area contributed by atoms with Gasteiger partial charge in [-0.1, -0.05) is 5.11 Å². The lowest BCUT2D eigenvalue weighted by molar-refractivity contribution is -0.167. The normalized spacial score (nSPS) is 31.0. The van der Waals surface area contributed by atoms with Gasteiger partial charge in [0.25, 0.3) is 0 Å². The fraction of sp³-hybridized carbons (Fsp3) is 0.889. The van der Waals surface area contributed by atoms with Gasteiger partial charge < -0.3 is 19.1 Å². The molecular formula is C18H28N4O5. The number of likely N-dealkylation sites (tertiary alicyclic amines) is 1. The molecule has 4 fully saturated rings. The molecule has 9 heteroatoms. The summed E-state index contributed by atoms with van der Waals surface area (Å²) in [6.07, 6.45) is 1.72. The lowest BCUT2D eigenvalue weighted by Crippen LogP contribution is -2.59. The van der Waals surface area contributed by atoms with E-state index in [4.69, 9.17) is 19.7 Å². The van der Waals surface area contributed by atoms with Crippen LogP contribution < -0.4 is 0 Å². The molecule has 4 aliphatic rings. The molecule has 0 radical (unpaired) electrons. The van der Waals surface area contributed by atoms with E-state index >= 15 is 0 Å². The molecular weight excluding hydrogens is 352 g/mol. The van der Waals surface area contributed by atoms with Crippen molar-refractivity contribution in [3.05, 3.63) is 10.4 Å². The smallest absolute Gasteiger partial charge is 0.410 e. The van der Waals surface area contributed by atoms with Crippen LogP contribution in [0.25, 0.3) is 10.4 Å². The van der Waals surface area contributed by atoms with Crippen molar-refractivity contribution in [3.8, 4) is 0 Å². The van der Waals surface area contributed by atoms with Crippen LogP contribution in [0.4, 0.5) is 4.79 Å². The molecule has 3 saturated heterocycles. The van der Waals surface area contributed by atoms with Gasteiger partial charge in [-0.05, 0) is 58.9 Å². The Morgan fingerprint density at radius 2 is 1.89 bits per heavy atom. The minimum absolute atomic E-state index is 0.211. The second-order valence-electron chi connectivity index (χ2n) is 8.79. The summed E-state index contributed by atoms with van der Waals surface area (Å²) in [6, 6.07) is 0. The number of amides is 1. The summed E-state index contributed by atoms with van der Waals surface area (Å²) in [5, 5.41) is 3.68. The van der Waals surface area contributed by atoms with Crippen LogP contribution in [0.15, 0.2) is 5.11 Å². The Balaban J connectivity index is 1.75. The van der Waals surface area contributed by atoms with Crippen LogP contribution in [-0.2, 0) is 19.0 Å². The Hall–Kier alpha value is -1.99. The number of rotatable bonds is 4. The maximum atomic E-state index is 12.8. The van der Waals surface area contributed by atoms with E-state index in [1.54, 1.807) is 11.8 Å². The van der Waals surface area contributed by atoms with Gasteiger partial charge in [-0.2, -0.15) is 0 Å². The van der Waals surface area contributed by atoms with Crippen LogP contribution in [0.3, 0.4) is 0 Å². The Labute approximate surface area is 158 Å². The minimum Gasteiger partial charge on any atom is -0.465 e. The van der Waals surface area contributed by atoms with Crippen molar-refractivity contribution in [1.82, 2.24) is 4.90 Å².